The second kappa shape index (κ2) is 7.53. The lowest BCUT2D eigenvalue weighted by Crippen LogP contribution is -2.61. The van der Waals surface area contributed by atoms with Crippen LogP contribution in [0.5, 0.6) is 0 Å². The first kappa shape index (κ1) is 13.1. The van der Waals surface area contributed by atoms with Gasteiger partial charge in [-0.3, -0.25) is 0 Å². The number of hydrogen-bond acceptors (Lipinski definition) is 4. The standard InChI is InChI=1S/C8H17ClO4/c1-2-3-4-5-6-7-8-13-9(10,11)12/h2-8H2,1H3. The van der Waals surface area contributed by atoms with Gasteiger partial charge < -0.3 is 0 Å². The molecule has 0 amide bonds. The van der Waals surface area contributed by atoms with E-state index < -0.39 is 10.2 Å². The molecular formula is C8H17ClO4. The second-order valence-electron chi connectivity index (χ2n) is 2.96. The van der Waals surface area contributed by atoms with Gasteiger partial charge in [0.25, 0.3) is 0 Å². The zero-order valence-corrected chi connectivity index (χ0v) is 8.72. The molecule has 0 aromatic rings. The van der Waals surface area contributed by atoms with E-state index in [2.05, 4.69) is 11.2 Å². The van der Waals surface area contributed by atoms with Crippen molar-refractivity contribution in [3.8, 4) is 0 Å². The van der Waals surface area contributed by atoms with E-state index in [-0.39, 0.29) is 6.61 Å². The van der Waals surface area contributed by atoms with Crippen LogP contribution in [0.1, 0.15) is 45.4 Å². The molecule has 0 radical (unpaired) electrons. The predicted octanol–water partition coefficient (Wildman–Crippen LogP) is -0.739. The summed E-state index contributed by atoms with van der Waals surface area (Å²) in [4.78, 5) is 0. The van der Waals surface area contributed by atoms with Gasteiger partial charge in [-0.2, -0.15) is 14.0 Å². The van der Waals surface area contributed by atoms with Crippen molar-refractivity contribution in [2.24, 2.45) is 0 Å². The monoisotopic (exact) mass is 212 g/mol. The lowest BCUT2D eigenvalue weighted by molar-refractivity contribution is -1.92. The minimum absolute atomic E-state index is 0.0134. The molecule has 0 aliphatic heterocycles. The molecule has 0 aliphatic carbocycles. The van der Waals surface area contributed by atoms with Crippen LogP contribution in [-0.2, 0) is 4.29 Å². The van der Waals surface area contributed by atoms with Crippen LogP contribution in [0.15, 0.2) is 0 Å². The summed E-state index contributed by atoms with van der Waals surface area (Å²) >= 11 is 0. The molecule has 0 aromatic heterocycles. The first-order chi connectivity index (χ1) is 6.06. The van der Waals surface area contributed by atoms with Gasteiger partial charge in [-0.15, -0.1) is 0 Å². The van der Waals surface area contributed by atoms with Gasteiger partial charge in [-0.05, 0) is 6.42 Å². The summed E-state index contributed by atoms with van der Waals surface area (Å²) in [6, 6.07) is 0. The second-order valence-corrected chi connectivity index (χ2v) is 3.93. The Morgan fingerprint density at radius 3 is 2.00 bits per heavy atom. The van der Waals surface area contributed by atoms with Gasteiger partial charge in [0, 0.05) is 0 Å². The highest BCUT2D eigenvalue weighted by Gasteiger charge is 2.15. The van der Waals surface area contributed by atoms with Gasteiger partial charge in [0.1, 0.15) is 0 Å². The number of hydrogen-bond donors (Lipinski definition) is 0. The summed E-state index contributed by atoms with van der Waals surface area (Å²) in [7, 11) is -4.22. The van der Waals surface area contributed by atoms with Crippen LogP contribution in [0.25, 0.3) is 0 Å². The molecule has 4 nitrogen and oxygen atoms in total. The van der Waals surface area contributed by atoms with Crippen LogP contribution in [-0.4, -0.2) is 6.61 Å². The maximum Gasteiger partial charge on any atom is 0.203 e. The molecule has 0 aliphatic rings. The van der Waals surface area contributed by atoms with Crippen molar-refractivity contribution < 1.29 is 28.5 Å². The van der Waals surface area contributed by atoms with Crippen LogP contribution >= 0.6 is 0 Å². The third-order valence-electron chi connectivity index (χ3n) is 1.71. The average molecular weight is 213 g/mol. The molecule has 0 heterocycles. The predicted molar refractivity (Wildman–Crippen MR) is 39.3 cm³/mol. The van der Waals surface area contributed by atoms with Gasteiger partial charge in [0.05, 0.1) is 14.5 Å². The summed E-state index contributed by atoms with van der Waals surface area (Å²) in [5.41, 5.74) is 0. The van der Waals surface area contributed by atoms with Crippen molar-refractivity contribution in [2.75, 3.05) is 6.61 Å². The Balaban J connectivity index is 3.00. The molecule has 13 heavy (non-hydrogen) atoms. The Kier molecular flexibility index (Phi) is 7.60. The smallest absolute Gasteiger partial charge is 0.183 e. The summed E-state index contributed by atoms with van der Waals surface area (Å²) in [5.74, 6) is 0. The Bertz CT molecular complexity index is 113. The largest absolute Gasteiger partial charge is 0.203 e. The minimum atomic E-state index is -4.22. The van der Waals surface area contributed by atoms with E-state index in [1.165, 1.54) is 19.3 Å². The lowest BCUT2D eigenvalue weighted by Gasteiger charge is -2.12. The first-order valence-corrected chi connectivity index (χ1v) is 5.85. The van der Waals surface area contributed by atoms with Crippen molar-refractivity contribution in [3.63, 3.8) is 0 Å². The van der Waals surface area contributed by atoms with E-state index in [0.717, 1.165) is 12.8 Å². The van der Waals surface area contributed by atoms with E-state index in [0.29, 0.717) is 6.42 Å². The third kappa shape index (κ3) is 12.1. The van der Waals surface area contributed by atoms with Gasteiger partial charge >= 0.3 is 0 Å². The lowest BCUT2D eigenvalue weighted by atomic mass is 10.1. The fraction of sp³-hybridized carbons (Fsp3) is 1.00. The van der Waals surface area contributed by atoms with Crippen LogP contribution in [0, 0.1) is 10.2 Å². The summed E-state index contributed by atoms with van der Waals surface area (Å²) in [5, 5.41) is 0. The maximum atomic E-state index is 9.96. The normalized spacial score (nSPS) is 12.0. The summed E-state index contributed by atoms with van der Waals surface area (Å²) < 4.78 is 33.9. The molecule has 0 spiro atoms. The highest BCUT2D eigenvalue weighted by atomic mass is 35.7. The van der Waals surface area contributed by atoms with E-state index in [4.69, 9.17) is 0 Å². The maximum absolute atomic E-state index is 9.96. The first-order valence-electron chi connectivity index (χ1n) is 4.61. The number of rotatable bonds is 8. The van der Waals surface area contributed by atoms with E-state index >= 15 is 0 Å². The fourth-order valence-electron chi connectivity index (χ4n) is 1.03. The van der Waals surface area contributed by atoms with Crippen LogP contribution in [0.3, 0.4) is 0 Å². The van der Waals surface area contributed by atoms with Crippen LogP contribution in [0.4, 0.5) is 0 Å². The molecule has 0 atom stereocenters. The topological polar surface area (TPSA) is 78.4 Å². The molecular weight excluding hydrogens is 196 g/mol. The molecule has 0 fully saturated rings. The zero-order chi connectivity index (χ0) is 10.2. The van der Waals surface area contributed by atoms with E-state index in [1.54, 1.807) is 0 Å². The Morgan fingerprint density at radius 1 is 0.923 bits per heavy atom. The van der Waals surface area contributed by atoms with Crippen molar-refractivity contribution in [2.45, 2.75) is 45.4 Å². The molecule has 5 heteroatoms. The molecule has 80 valence electrons. The van der Waals surface area contributed by atoms with Gasteiger partial charge in [-0.1, -0.05) is 39.0 Å². The molecule has 0 saturated heterocycles. The van der Waals surface area contributed by atoms with Crippen molar-refractivity contribution >= 4 is 0 Å². The van der Waals surface area contributed by atoms with Gasteiger partial charge in [-0.25, -0.2) is 0 Å². The fourth-order valence-corrected chi connectivity index (χ4v) is 1.33. The van der Waals surface area contributed by atoms with Crippen LogP contribution in [0.2, 0.25) is 0 Å². The summed E-state index contributed by atoms with van der Waals surface area (Å²) in [6.45, 7) is 2.14. The quantitative estimate of drug-likeness (QED) is 0.497. The molecule has 0 N–H and O–H groups in total. The highest BCUT2D eigenvalue weighted by Crippen LogP contribution is 2.05. The van der Waals surface area contributed by atoms with Crippen molar-refractivity contribution in [1.29, 1.82) is 0 Å². The Hall–Kier alpha value is 0.130. The Labute approximate surface area is 81.3 Å². The van der Waals surface area contributed by atoms with E-state index in [9.17, 15) is 14.0 Å². The van der Waals surface area contributed by atoms with Crippen LogP contribution < -0.4 is 14.0 Å². The number of halogens is 1. The molecule has 0 rings (SSSR count). The van der Waals surface area contributed by atoms with Gasteiger partial charge in [0.15, 0.2) is 0 Å². The molecule has 0 bridgehead atoms. The SMILES string of the molecule is CCCCCCCCO[Cl+3]([O-])([O-])[O-]. The van der Waals surface area contributed by atoms with Gasteiger partial charge in [0.2, 0.25) is 6.61 Å². The molecule has 0 aromatic carbocycles. The Morgan fingerprint density at radius 2 is 1.46 bits per heavy atom. The highest BCUT2D eigenvalue weighted by molar-refractivity contribution is 4.41. The third-order valence-corrected chi connectivity index (χ3v) is 2.13. The zero-order valence-electron chi connectivity index (χ0n) is 7.96. The minimum Gasteiger partial charge on any atom is -0.183 e. The number of unbranched alkanes of at least 4 members (excludes halogenated alkanes) is 5. The van der Waals surface area contributed by atoms with E-state index in [1.807, 2.05) is 0 Å². The van der Waals surface area contributed by atoms with Crippen molar-refractivity contribution in [1.82, 2.24) is 0 Å². The molecule has 0 saturated carbocycles. The van der Waals surface area contributed by atoms with Crippen molar-refractivity contribution in [3.05, 3.63) is 0 Å². The summed E-state index contributed by atoms with van der Waals surface area (Å²) in [6.07, 6.45) is 6.19. The molecule has 0 unspecified atom stereocenters. The average Bonchev–Trinajstić information content (AvgIpc) is 2.01.